The fraction of sp³-hybridized carbons (Fsp3) is 0.350. The molecule has 5 nitrogen and oxygen atoms in total. The minimum Gasteiger partial charge on any atom is -0.354 e. The predicted molar refractivity (Wildman–Crippen MR) is 109 cm³/mol. The molecule has 2 rings (SSSR count). The van der Waals surface area contributed by atoms with Gasteiger partial charge in [0.1, 0.15) is 0 Å². The average Bonchev–Trinajstić information content (AvgIpc) is 2.60. The van der Waals surface area contributed by atoms with Gasteiger partial charge in [0.2, 0.25) is 15.9 Å². The van der Waals surface area contributed by atoms with Crippen molar-refractivity contribution in [2.24, 2.45) is 0 Å². The molecule has 0 bridgehead atoms. The fourth-order valence-electron chi connectivity index (χ4n) is 2.80. The Labute approximate surface area is 166 Å². The Bertz CT molecular complexity index is 839. The van der Waals surface area contributed by atoms with Gasteiger partial charge in [-0.2, -0.15) is 0 Å². The van der Waals surface area contributed by atoms with Crippen LogP contribution in [-0.2, 0) is 21.2 Å². The SMILES string of the molecule is C[C@@H](CCc1ccccc1)NC(=O)C[C@H](NS(C)(=O)=O)c1ccc(Cl)cc1. The van der Waals surface area contributed by atoms with Gasteiger partial charge in [0.05, 0.1) is 12.3 Å². The van der Waals surface area contributed by atoms with E-state index in [0.717, 1.165) is 19.1 Å². The van der Waals surface area contributed by atoms with Crippen molar-refractivity contribution >= 4 is 27.5 Å². The molecule has 2 aromatic rings. The third kappa shape index (κ3) is 8.12. The maximum absolute atomic E-state index is 12.4. The summed E-state index contributed by atoms with van der Waals surface area (Å²) in [6.07, 6.45) is 2.77. The molecule has 0 saturated heterocycles. The third-order valence-electron chi connectivity index (χ3n) is 4.13. The van der Waals surface area contributed by atoms with Crippen molar-refractivity contribution in [3.63, 3.8) is 0 Å². The molecular formula is C20H25ClN2O3S. The van der Waals surface area contributed by atoms with E-state index in [9.17, 15) is 13.2 Å². The molecule has 0 spiro atoms. The Morgan fingerprint density at radius 3 is 2.30 bits per heavy atom. The normalized spacial score (nSPS) is 13.7. The molecule has 0 aliphatic rings. The molecule has 0 unspecified atom stereocenters. The molecule has 0 aliphatic heterocycles. The monoisotopic (exact) mass is 408 g/mol. The zero-order chi connectivity index (χ0) is 19.9. The summed E-state index contributed by atoms with van der Waals surface area (Å²) in [5.74, 6) is -0.202. The summed E-state index contributed by atoms with van der Waals surface area (Å²) in [5.41, 5.74) is 1.91. The van der Waals surface area contributed by atoms with E-state index in [4.69, 9.17) is 11.6 Å². The molecule has 0 saturated carbocycles. The van der Waals surface area contributed by atoms with E-state index in [-0.39, 0.29) is 18.4 Å². The van der Waals surface area contributed by atoms with Crippen LogP contribution in [0.1, 0.15) is 36.9 Å². The Morgan fingerprint density at radius 1 is 1.07 bits per heavy atom. The van der Waals surface area contributed by atoms with Crippen molar-refractivity contribution < 1.29 is 13.2 Å². The van der Waals surface area contributed by atoms with Gasteiger partial charge in [0.25, 0.3) is 0 Å². The molecule has 2 atom stereocenters. The van der Waals surface area contributed by atoms with E-state index in [1.807, 2.05) is 25.1 Å². The number of hydrogen-bond acceptors (Lipinski definition) is 3. The van der Waals surface area contributed by atoms with Gasteiger partial charge in [-0.15, -0.1) is 0 Å². The fourth-order valence-corrected chi connectivity index (χ4v) is 3.66. The second kappa shape index (κ2) is 9.88. The smallest absolute Gasteiger partial charge is 0.222 e. The molecule has 27 heavy (non-hydrogen) atoms. The first-order valence-electron chi connectivity index (χ1n) is 8.79. The lowest BCUT2D eigenvalue weighted by Gasteiger charge is -2.20. The van der Waals surface area contributed by atoms with Gasteiger partial charge in [-0.05, 0) is 43.0 Å². The molecule has 146 valence electrons. The standard InChI is InChI=1S/C20H25ClN2O3S/c1-15(8-9-16-6-4-3-5-7-16)22-20(24)14-19(23-27(2,25)26)17-10-12-18(21)13-11-17/h3-7,10-13,15,19,23H,8-9,14H2,1-2H3,(H,22,24)/t15-,19-/m0/s1. The maximum Gasteiger partial charge on any atom is 0.222 e. The minimum atomic E-state index is -3.46. The van der Waals surface area contributed by atoms with Crippen molar-refractivity contribution in [3.05, 3.63) is 70.7 Å². The molecule has 2 aromatic carbocycles. The first-order valence-corrected chi connectivity index (χ1v) is 11.1. The highest BCUT2D eigenvalue weighted by molar-refractivity contribution is 7.88. The lowest BCUT2D eigenvalue weighted by molar-refractivity contribution is -0.122. The van der Waals surface area contributed by atoms with Crippen molar-refractivity contribution in [2.45, 2.75) is 38.3 Å². The summed E-state index contributed by atoms with van der Waals surface area (Å²) in [6.45, 7) is 1.95. The minimum absolute atomic E-state index is 0.0122. The van der Waals surface area contributed by atoms with Gasteiger partial charge >= 0.3 is 0 Å². The van der Waals surface area contributed by atoms with Crippen LogP contribution in [0.5, 0.6) is 0 Å². The lowest BCUT2D eigenvalue weighted by Crippen LogP contribution is -2.37. The average molecular weight is 409 g/mol. The van der Waals surface area contributed by atoms with Crippen molar-refractivity contribution in [2.75, 3.05) is 6.26 Å². The van der Waals surface area contributed by atoms with Gasteiger partial charge in [-0.25, -0.2) is 13.1 Å². The van der Waals surface area contributed by atoms with Crippen LogP contribution in [0.4, 0.5) is 0 Å². The van der Waals surface area contributed by atoms with Gasteiger partial charge in [-0.1, -0.05) is 54.1 Å². The quantitative estimate of drug-likeness (QED) is 0.667. The summed E-state index contributed by atoms with van der Waals surface area (Å²) in [6, 6.07) is 16.2. The highest BCUT2D eigenvalue weighted by Crippen LogP contribution is 2.20. The number of carbonyl (C=O) groups is 1. The van der Waals surface area contributed by atoms with Gasteiger partial charge in [0, 0.05) is 17.5 Å². The molecule has 0 heterocycles. The van der Waals surface area contributed by atoms with Crippen LogP contribution >= 0.6 is 11.6 Å². The number of rotatable bonds is 9. The van der Waals surface area contributed by atoms with E-state index < -0.39 is 16.1 Å². The first kappa shape index (κ1) is 21.4. The van der Waals surface area contributed by atoms with Crippen LogP contribution in [-0.4, -0.2) is 26.6 Å². The molecule has 7 heteroatoms. The van der Waals surface area contributed by atoms with Crippen LogP contribution in [0, 0.1) is 0 Å². The number of carbonyl (C=O) groups excluding carboxylic acids is 1. The molecule has 0 radical (unpaired) electrons. The zero-order valence-electron chi connectivity index (χ0n) is 15.5. The Kier molecular flexibility index (Phi) is 7.83. The summed E-state index contributed by atoms with van der Waals surface area (Å²) in [7, 11) is -3.46. The predicted octanol–water partition coefficient (Wildman–Crippen LogP) is 3.46. The topological polar surface area (TPSA) is 75.3 Å². The van der Waals surface area contributed by atoms with E-state index in [1.165, 1.54) is 5.56 Å². The molecular weight excluding hydrogens is 384 g/mol. The van der Waals surface area contributed by atoms with Gasteiger partial charge in [0.15, 0.2) is 0 Å². The summed E-state index contributed by atoms with van der Waals surface area (Å²) in [5, 5.41) is 3.50. The van der Waals surface area contributed by atoms with E-state index >= 15 is 0 Å². The van der Waals surface area contributed by atoms with Crippen LogP contribution in [0.3, 0.4) is 0 Å². The number of halogens is 1. The van der Waals surface area contributed by atoms with Crippen LogP contribution in [0.25, 0.3) is 0 Å². The third-order valence-corrected chi connectivity index (χ3v) is 5.10. The lowest BCUT2D eigenvalue weighted by atomic mass is 10.0. The summed E-state index contributed by atoms with van der Waals surface area (Å²) >= 11 is 5.89. The number of aryl methyl sites for hydroxylation is 1. The van der Waals surface area contributed by atoms with E-state index in [2.05, 4.69) is 22.2 Å². The van der Waals surface area contributed by atoms with Crippen molar-refractivity contribution in [1.82, 2.24) is 10.0 Å². The zero-order valence-corrected chi connectivity index (χ0v) is 17.1. The highest BCUT2D eigenvalue weighted by Gasteiger charge is 2.20. The molecule has 2 N–H and O–H groups in total. The number of benzene rings is 2. The van der Waals surface area contributed by atoms with Crippen LogP contribution < -0.4 is 10.0 Å². The number of sulfonamides is 1. The molecule has 1 amide bonds. The second-order valence-electron chi connectivity index (χ2n) is 6.69. The number of hydrogen-bond donors (Lipinski definition) is 2. The maximum atomic E-state index is 12.4. The van der Waals surface area contributed by atoms with Gasteiger partial charge < -0.3 is 5.32 Å². The Morgan fingerprint density at radius 2 is 1.70 bits per heavy atom. The number of amides is 1. The van der Waals surface area contributed by atoms with Gasteiger partial charge in [-0.3, -0.25) is 4.79 Å². The Balaban J connectivity index is 1.95. The van der Waals surface area contributed by atoms with Crippen LogP contribution in [0.2, 0.25) is 5.02 Å². The molecule has 0 fully saturated rings. The molecule has 0 aromatic heterocycles. The van der Waals surface area contributed by atoms with E-state index in [0.29, 0.717) is 10.6 Å². The number of nitrogens with one attached hydrogen (secondary N) is 2. The van der Waals surface area contributed by atoms with Crippen LogP contribution in [0.15, 0.2) is 54.6 Å². The van der Waals surface area contributed by atoms with Crippen molar-refractivity contribution in [1.29, 1.82) is 0 Å². The summed E-state index contributed by atoms with van der Waals surface area (Å²) in [4.78, 5) is 12.4. The Hall–Kier alpha value is -1.89. The van der Waals surface area contributed by atoms with E-state index in [1.54, 1.807) is 24.3 Å². The first-order chi connectivity index (χ1) is 12.7. The highest BCUT2D eigenvalue weighted by atomic mass is 35.5. The second-order valence-corrected chi connectivity index (χ2v) is 8.91. The molecule has 0 aliphatic carbocycles. The largest absolute Gasteiger partial charge is 0.354 e. The van der Waals surface area contributed by atoms with Crippen molar-refractivity contribution in [3.8, 4) is 0 Å². The summed E-state index contributed by atoms with van der Waals surface area (Å²) < 4.78 is 25.9.